The number of nitrogens with zero attached hydrogens (tertiary/aromatic N) is 4. The third-order valence-corrected chi connectivity index (χ3v) is 5.70. The van der Waals surface area contributed by atoms with E-state index in [-0.39, 0.29) is 30.0 Å². The van der Waals surface area contributed by atoms with Gasteiger partial charge in [-0.3, -0.25) is 9.59 Å². The molecule has 0 aliphatic carbocycles. The number of likely N-dealkylation sites (tertiary alicyclic amines) is 1. The Morgan fingerprint density at radius 3 is 2.42 bits per heavy atom. The third-order valence-electron chi connectivity index (χ3n) is 5.70. The first-order chi connectivity index (χ1) is 14.8. The van der Waals surface area contributed by atoms with Crippen molar-refractivity contribution in [3.05, 3.63) is 36.0 Å². The van der Waals surface area contributed by atoms with E-state index in [1.54, 1.807) is 41.2 Å². The summed E-state index contributed by atoms with van der Waals surface area (Å²) in [5, 5.41) is 6.58. The summed E-state index contributed by atoms with van der Waals surface area (Å²) in [4.78, 5) is 28.6. The van der Waals surface area contributed by atoms with E-state index in [2.05, 4.69) is 10.2 Å². The Balaban J connectivity index is 1.34. The van der Waals surface area contributed by atoms with E-state index in [0.717, 1.165) is 0 Å². The summed E-state index contributed by atoms with van der Waals surface area (Å²) in [7, 11) is 1.56. The molecule has 0 N–H and O–H groups in total. The maximum absolute atomic E-state index is 12.9. The van der Waals surface area contributed by atoms with Crippen LogP contribution in [0, 0.1) is 5.92 Å². The van der Waals surface area contributed by atoms with Crippen molar-refractivity contribution < 1.29 is 31.9 Å². The zero-order chi connectivity index (χ0) is 22.2. The first-order valence-corrected chi connectivity index (χ1v) is 9.90. The predicted octanol–water partition coefficient (Wildman–Crippen LogP) is 2.86. The van der Waals surface area contributed by atoms with Crippen LogP contribution in [0.4, 0.5) is 18.9 Å². The highest BCUT2D eigenvalue weighted by molar-refractivity contribution is 6.00. The number of ether oxygens (including phenoxy) is 1. The fourth-order valence-electron chi connectivity index (χ4n) is 4.00. The van der Waals surface area contributed by atoms with Gasteiger partial charge < -0.3 is 19.0 Å². The summed E-state index contributed by atoms with van der Waals surface area (Å²) in [6.07, 6.45) is -3.70. The molecule has 11 heteroatoms. The summed E-state index contributed by atoms with van der Waals surface area (Å²) >= 11 is 0. The molecular formula is C20H21F3N4O4. The minimum atomic E-state index is -4.67. The Kier molecular flexibility index (Phi) is 5.59. The molecule has 0 bridgehead atoms. The topological polar surface area (TPSA) is 88.8 Å². The number of hydrogen-bond acceptors (Lipinski definition) is 6. The molecule has 8 nitrogen and oxygen atoms in total. The van der Waals surface area contributed by atoms with E-state index in [1.807, 2.05) is 0 Å². The number of rotatable bonds is 4. The van der Waals surface area contributed by atoms with Crippen molar-refractivity contribution >= 4 is 17.5 Å². The van der Waals surface area contributed by atoms with Crippen molar-refractivity contribution in [2.45, 2.75) is 31.4 Å². The number of halogens is 3. The van der Waals surface area contributed by atoms with E-state index >= 15 is 0 Å². The highest BCUT2D eigenvalue weighted by Gasteiger charge is 2.41. The van der Waals surface area contributed by atoms with Crippen LogP contribution >= 0.6 is 0 Å². The molecule has 2 aromatic rings. The molecule has 1 aromatic carbocycles. The number of benzene rings is 1. The summed E-state index contributed by atoms with van der Waals surface area (Å²) in [5.41, 5.74) is 0.705. The molecule has 2 fully saturated rings. The van der Waals surface area contributed by atoms with Gasteiger partial charge in [0.05, 0.1) is 13.0 Å². The van der Waals surface area contributed by atoms with E-state index in [0.29, 0.717) is 43.9 Å². The Hall–Kier alpha value is -3.11. The Morgan fingerprint density at radius 1 is 1.16 bits per heavy atom. The lowest BCUT2D eigenvalue weighted by atomic mass is 9.95. The van der Waals surface area contributed by atoms with Gasteiger partial charge in [0.1, 0.15) is 5.75 Å². The van der Waals surface area contributed by atoms with Gasteiger partial charge in [0.15, 0.2) is 0 Å². The zero-order valence-electron chi connectivity index (χ0n) is 16.8. The van der Waals surface area contributed by atoms with Gasteiger partial charge in [-0.2, -0.15) is 13.2 Å². The molecule has 166 valence electrons. The molecule has 0 radical (unpaired) electrons. The van der Waals surface area contributed by atoms with Gasteiger partial charge in [0.2, 0.25) is 17.7 Å². The number of anilines is 1. The van der Waals surface area contributed by atoms with E-state index in [9.17, 15) is 22.8 Å². The van der Waals surface area contributed by atoms with Crippen molar-refractivity contribution in [2.24, 2.45) is 5.92 Å². The van der Waals surface area contributed by atoms with E-state index in [4.69, 9.17) is 9.15 Å². The lowest BCUT2D eigenvalue weighted by Gasteiger charge is -2.32. The number of hydrogen-bond donors (Lipinski definition) is 0. The molecule has 4 rings (SSSR count). The van der Waals surface area contributed by atoms with Crippen LogP contribution in [0.2, 0.25) is 0 Å². The molecular weight excluding hydrogens is 417 g/mol. The SMILES string of the molecule is COc1ccc(N2CC(C(=O)N3CCC(c4nnc(C(F)(F)F)o4)CC3)CC2=O)cc1. The molecule has 1 unspecified atom stereocenters. The van der Waals surface area contributed by atoms with Crippen molar-refractivity contribution in [2.75, 3.05) is 31.6 Å². The molecule has 0 spiro atoms. The first kappa shape index (κ1) is 21.1. The smallest absolute Gasteiger partial charge is 0.470 e. The average molecular weight is 438 g/mol. The standard InChI is InChI=1S/C20H21F3N4O4/c1-30-15-4-2-14(3-5-15)27-11-13(10-16(27)28)18(29)26-8-6-12(7-9-26)17-24-25-19(31-17)20(21,22)23/h2-5,12-13H,6-11H2,1H3. The number of carbonyl (C=O) groups is 2. The Morgan fingerprint density at radius 2 is 1.84 bits per heavy atom. The number of methoxy groups -OCH3 is 1. The molecule has 2 aliphatic rings. The second-order valence-corrected chi connectivity index (χ2v) is 7.65. The van der Waals surface area contributed by atoms with Crippen LogP contribution in [0.5, 0.6) is 5.75 Å². The Bertz CT molecular complexity index is 952. The van der Waals surface area contributed by atoms with Crippen molar-refractivity contribution in [1.29, 1.82) is 0 Å². The zero-order valence-corrected chi connectivity index (χ0v) is 16.8. The van der Waals surface area contributed by atoms with Crippen molar-refractivity contribution in [3.63, 3.8) is 0 Å². The highest BCUT2D eigenvalue weighted by Crippen LogP contribution is 2.34. The molecule has 2 amide bonds. The second-order valence-electron chi connectivity index (χ2n) is 7.65. The summed E-state index contributed by atoms with van der Waals surface area (Å²) in [6, 6.07) is 7.05. The highest BCUT2D eigenvalue weighted by atomic mass is 19.4. The lowest BCUT2D eigenvalue weighted by molar-refractivity contribution is -0.157. The monoisotopic (exact) mass is 438 g/mol. The van der Waals surface area contributed by atoms with Crippen LogP contribution in [-0.4, -0.2) is 53.7 Å². The number of aromatic nitrogens is 2. The number of carbonyl (C=O) groups excluding carboxylic acids is 2. The maximum Gasteiger partial charge on any atom is 0.470 e. The van der Waals surface area contributed by atoms with Crippen LogP contribution in [-0.2, 0) is 15.8 Å². The van der Waals surface area contributed by atoms with E-state index in [1.165, 1.54) is 0 Å². The van der Waals surface area contributed by atoms with Crippen LogP contribution in [0.25, 0.3) is 0 Å². The predicted molar refractivity (Wildman–Crippen MR) is 101 cm³/mol. The molecule has 3 heterocycles. The van der Waals surface area contributed by atoms with Gasteiger partial charge in [-0.15, -0.1) is 10.2 Å². The first-order valence-electron chi connectivity index (χ1n) is 9.90. The summed E-state index contributed by atoms with van der Waals surface area (Å²) in [5.74, 6) is -1.76. The quantitative estimate of drug-likeness (QED) is 0.730. The van der Waals surface area contributed by atoms with Gasteiger partial charge in [-0.25, -0.2) is 0 Å². The average Bonchev–Trinajstić information content (AvgIpc) is 3.41. The molecule has 2 saturated heterocycles. The normalized spacial score (nSPS) is 20.4. The number of alkyl halides is 3. The van der Waals surface area contributed by atoms with Gasteiger partial charge in [0, 0.05) is 37.7 Å². The van der Waals surface area contributed by atoms with Crippen LogP contribution in [0.15, 0.2) is 28.7 Å². The molecule has 1 aromatic heterocycles. The Labute approximate surface area is 176 Å². The minimum absolute atomic E-state index is 0.0545. The fourth-order valence-corrected chi connectivity index (χ4v) is 4.00. The van der Waals surface area contributed by atoms with Gasteiger partial charge >= 0.3 is 12.1 Å². The van der Waals surface area contributed by atoms with Crippen LogP contribution < -0.4 is 9.64 Å². The van der Waals surface area contributed by atoms with E-state index < -0.39 is 18.0 Å². The van der Waals surface area contributed by atoms with Crippen molar-refractivity contribution in [3.8, 4) is 5.75 Å². The summed E-state index contributed by atoms with van der Waals surface area (Å²) in [6.45, 7) is 1.02. The lowest BCUT2D eigenvalue weighted by Crippen LogP contribution is -2.42. The third kappa shape index (κ3) is 4.35. The maximum atomic E-state index is 12.9. The molecule has 1 atom stereocenters. The molecule has 31 heavy (non-hydrogen) atoms. The largest absolute Gasteiger partial charge is 0.497 e. The van der Waals surface area contributed by atoms with Gasteiger partial charge in [0.25, 0.3) is 0 Å². The number of piperidine rings is 1. The molecule has 0 saturated carbocycles. The second kappa shape index (κ2) is 8.20. The van der Waals surface area contributed by atoms with Gasteiger partial charge in [-0.05, 0) is 37.1 Å². The van der Waals surface area contributed by atoms with Crippen molar-refractivity contribution in [1.82, 2.24) is 15.1 Å². The van der Waals surface area contributed by atoms with Gasteiger partial charge in [-0.1, -0.05) is 0 Å². The minimum Gasteiger partial charge on any atom is -0.497 e. The number of amides is 2. The molecule has 2 aliphatic heterocycles. The fraction of sp³-hybridized carbons (Fsp3) is 0.500. The summed E-state index contributed by atoms with van der Waals surface area (Å²) < 4.78 is 47.8. The van der Waals surface area contributed by atoms with Crippen LogP contribution in [0.1, 0.15) is 37.0 Å². The van der Waals surface area contributed by atoms with Crippen LogP contribution in [0.3, 0.4) is 0 Å².